The molecule has 0 aliphatic carbocycles. The number of hydrogen-bond donors (Lipinski definition) is 2. The van der Waals surface area contributed by atoms with Gasteiger partial charge in [0.05, 0.1) is 13.7 Å². The van der Waals surface area contributed by atoms with Crippen molar-refractivity contribution in [3.8, 4) is 5.75 Å². The second kappa shape index (κ2) is 5.67. The van der Waals surface area contributed by atoms with Crippen molar-refractivity contribution in [1.82, 2.24) is 9.97 Å². The lowest BCUT2D eigenvalue weighted by Crippen LogP contribution is -2.24. The van der Waals surface area contributed by atoms with Crippen molar-refractivity contribution in [1.29, 1.82) is 0 Å². The Morgan fingerprint density at radius 1 is 1.59 bits per heavy atom. The molecule has 1 saturated heterocycles. The summed E-state index contributed by atoms with van der Waals surface area (Å²) in [4.78, 5) is 8.01. The Hall–Kier alpha value is -1.56. The maximum atomic E-state index is 5.70. The molecule has 17 heavy (non-hydrogen) atoms. The van der Waals surface area contributed by atoms with Gasteiger partial charge in [-0.05, 0) is 18.8 Å². The zero-order valence-corrected chi connectivity index (χ0v) is 9.98. The van der Waals surface area contributed by atoms with Crippen LogP contribution < -0.4 is 15.8 Å². The van der Waals surface area contributed by atoms with Gasteiger partial charge in [-0.15, -0.1) is 0 Å². The topological polar surface area (TPSA) is 82.3 Å². The van der Waals surface area contributed by atoms with Crippen molar-refractivity contribution in [3.63, 3.8) is 0 Å². The van der Waals surface area contributed by atoms with Crippen LogP contribution in [0.4, 0.5) is 11.6 Å². The van der Waals surface area contributed by atoms with Gasteiger partial charge in [0.2, 0.25) is 5.75 Å². The van der Waals surface area contributed by atoms with Crippen LogP contribution in [0.1, 0.15) is 12.8 Å². The summed E-state index contributed by atoms with van der Waals surface area (Å²) in [5.41, 5.74) is 5.70. The van der Waals surface area contributed by atoms with E-state index in [0.717, 1.165) is 26.2 Å². The van der Waals surface area contributed by atoms with Gasteiger partial charge in [-0.25, -0.2) is 9.97 Å². The summed E-state index contributed by atoms with van der Waals surface area (Å²) < 4.78 is 10.6. The molecule has 1 aromatic heterocycles. The monoisotopic (exact) mass is 238 g/mol. The van der Waals surface area contributed by atoms with Crippen LogP contribution in [0.25, 0.3) is 0 Å². The van der Waals surface area contributed by atoms with Gasteiger partial charge in [-0.2, -0.15) is 0 Å². The van der Waals surface area contributed by atoms with Crippen molar-refractivity contribution < 1.29 is 9.47 Å². The van der Waals surface area contributed by atoms with E-state index in [-0.39, 0.29) is 0 Å². The SMILES string of the molecule is COc1c(N)ncnc1NCC1CCCOC1. The fraction of sp³-hybridized carbons (Fsp3) is 0.636. The molecule has 0 saturated carbocycles. The van der Waals surface area contributed by atoms with E-state index in [2.05, 4.69) is 15.3 Å². The van der Waals surface area contributed by atoms with Gasteiger partial charge in [-0.1, -0.05) is 0 Å². The average molecular weight is 238 g/mol. The maximum absolute atomic E-state index is 5.70. The summed E-state index contributed by atoms with van der Waals surface area (Å²) in [6.07, 6.45) is 3.73. The molecule has 0 radical (unpaired) electrons. The van der Waals surface area contributed by atoms with Gasteiger partial charge in [0.15, 0.2) is 11.6 Å². The standard InChI is InChI=1S/C11H18N4O2/c1-16-9-10(12)14-7-15-11(9)13-5-8-3-2-4-17-6-8/h7-8H,2-6H2,1H3,(H3,12,13,14,15). The van der Waals surface area contributed by atoms with E-state index >= 15 is 0 Å². The largest absolute Gasteiger partial charge is 0.490 e. The number of aromatic nitrogens is 2. The van der Waals surface area contributed by atoms with E-state index < -0.39 is 0 Å². The van der Waals surface area contributed by atoms with Gasteiger partial charge < -0.3 is 20.5 Å². The number of hydrogen-bond acceptors (Lipinski definition) is 6. The van der Waals surface area contributed by atoms with Crippen LogP contribution in [-0.2, 0) is 4.74 Å². The number of rotatable bonds is 4. The molecule has 6 heteroatoms. The minimum absolute atomic E-state index is 0.352. The maximum Gasteiger partial charge on any atom is 0.203 e. The lowest BCUT2D eigenvalue weighted by molar-refractivity contribution is 0.0594. The summed E-state index contributed by atoms with van der Waals surface area (Å²) >= 11 is 0. The third kappa shape index (κ3) is 2.97. The molecule has 1 aromatic rings. The second-order valence-corrected chi connectivity index (χ2v) is 4.10. The fourth-order valence-corrected chi connectivity index (χ4v) is 1.92. The van der Waals surface area contributed by atoms with Crippen LogP contribution in [0.15, 0.2) is 6.33 Å². The molecule has 1 aliphatic rings. The quantitative estimate of drug-likeness (QED) is 0.811. The molecule has 1 unspecified atom stereocenters. The summed E-state index contributed by atoms with van der Waals surface area (Å²) in [6, 6.07) is 0. The Kier molecular flexibility index (Phi) is 3.98. The Labute approximate surface area is 101 Å². The molecule has 3 N–H and O–H groups in total. The molecule has 0 spiro atoms. The molecule has 2 rings (SSSR count). The van der Waals surface area contributed by atoms with E-state index in [1.165, 1.54) is 12.7 Å². The molecule has 6 nitrogen and oxygen atoms in total. The van der Waals surface area contributed by atoms with Crippen LogP contribution in [0.3, 0.4) is 0 Å². The van der Waals surface area contributed by atoms with Crippen molar-refractivity contribution in [2.24, 2.45) is 5.92 Å². The zero-order chi connectivity index (χ0) is 12.1. The summed E-state index contributed by atoms with van der Waals surface area (Å²) in [5.74, 6) is 2.02. The van der Waals surface area contributed by atoms with Crippen LogP contribution in [0, 0.1) is 5.92 Å². The first-order chi connectivity index (χ1) is 8.31. The van der Waals surface area contributed by atoms with Gasteiger partial charge in [0.25, 0.3) is 0 Å². The van der Waals surface area contributed by atoms with Crippen LogP contribution in [-0.4, -0.2) is 36.8 Å². The minimum Gasteiger partial charge on any atom is -0.490 e. The number of anilines is 2. The molecular weight excluding hydrogens is 220 g/mol. The third-order valence-electron chi connectivity index (χ3n) is 2.85. The number of nitrogens with one attached hydrogen (secondary N) is 1. The Bertz CT molecular complexity index is 366. The smallest absolute Gasteiger partial charge is 0.203 e. The highest BCUT2D eigenvalue weighted by Crippen LogP contribution is 2.26. The predicted molar refractivity (Wildman–Crippen MR) is 65.0 cm³/mol. The van der Waals surface area contributed by atoms with Gasteiger partial charge in [0.1, 0.15) is 6.33 Å². The number of nitrogens with two attached hydrogens (primary N) is 1. The molecule has 1 aliphatic heterocycles. The first kappa shape index (κ1) is 11.9. The molecule has 1 fully saturated rings. The second-order valence-electron chi connectivity index (χ2n) is 4.10. The number of methoxy groups -OCH3 is 1. The first-order valence-electron chi connectivity index (χ1n) is 5.77. The van der Waals surface area contributed by atoms with Crippen LogP contribution in [0.2, 0.25) is 0 Å². The first-order valence-corrected chi connectivity index (χ1v) is 5.77. The highest BCUT2D eigenvalue weighted by molar-refractivity contribution is 5.61. The number of nitrogen functional groups attached to an aromatic ring is 1. The minimum atomic E-state index is 0.352. The fourth-order valence-electron chi connectivity index (χ4n) is 1.92. The Balaban J connectivity index is 1.95. The van der Waals surface area contributed by atoms with Crippen LogP contribution in [0.5, 0.6) is 5.75 Å². The summed E-state index contributed by atoms with van der Waals surface area (Å²) in [7, 11) is 1.56. The molecule has 1 atom stereocenters. The Morgan fingerprint density at radius 3 is 3.18 bits per heavy atom. The summed E-state index contributed by atoms with van der Waals surface area (Å²) in [6.45, 7) is 2.49. The third-order valence-corrected chi connectivity index (χ3v) is 2.85. The molecule has 2 heterocycles. The van der Waals surface area contributed by atoms with Crippen molar-refractivity contribution >= 4 is 11.6 Å². The Morgan fingerprint density at radius 2 is 2.47 bits per heavy atom. The van der Waals surface area contributed by atoms with E-state index in [9.17, 15) is 0 Å². The molecule has 0 amide bonds. The molecule has 94 valence electrons. The van der Waals surface area contributed by atoms with Crippen molar-refractivity contribution in [3.05, 3.63) is 6.33 Å². The zero-order valence-electron chi connectivity index (χ0n) is 9.98. The van der Waals surface area contributed by atoms with Gasteiger partial charge in [0, 0.05) is 13.2 Å². The molecular formula is C11H18N4O2. The average Bonchev–Trinajstić information content (AvgIpc) is 2.37. The highest BCUT2D eigenvalue weighted by Gasteiger charge is 2.15. The van der Waals surface area contributed by atoms with Gasteiger partial charge in [-0.3, -0.25) is 0 Å². The van der Waals surface area contributed by atoms with Crippen LogP contribution >= 0.6 is 0 Å². The number of nitrogens with zero attached hydrogens (tertiary/aromatic N) is 2. The molecule has 0 bridgehead atoms. The van der Waals surface area contributed by atoms with Gasteiger partial charge >= 0.3 is 0 Å². The molecule has 0 aromatic carbocycles. The predicted octanol–water partition coefficient (Wildman–Crippen LogP) is 0.906. The number of ether oxygens (including phenoxy) is 2. The van der Waals surface area contributed by atoms with Crippen molar-refractivity contribution in [2.45, 2.75) is 12.8 Å². The lowest BCUT2D eigenvalue weighted by atomic mass is 10.0. The van der Waals surface area contributed by atoms with E-state index in [1.807, 2.05) is 0 Å². The van der Waals surface area contributed by atoms with E-state index in [0.29, 0.717) is 23.3 Å². The van der Waals surface area contributed by atoms with Crippen molar-refractivity contribution in [2.75, 3.05) is 37.9 Å². The highest BCUT2D eigenvalue weighted by atomic mass is 16.5. The summed E-state index contributed by atoms with van der Waals surface area (Å²) in [5, 5.41) is 3.24. The lowest BCUT2D eigenvalue weighted by Gasteiger charge is -2.22. The van der Waals surface area contributed by atoms with E-state index in [1.54, 1.807) is 7.11 Å². The van der Waals surface area contributed by atoms with E-state index in [4.69, 9.17) is 15.2 Å². The normalized spacial score (nSPS) is 19.9.